The zero-order chi connectivity index (χ0) is 15.0. The van der Waals surface area contributed by atoms with Crippen molar-refractivity contribution in [2.75, 3.05) is 0 Å². The van der Waals surface area contributed by atoms with Gasteiger partial charge in [-0.25, -0.2) is 0 Å². The van der Waals surface area contributed by atoms with Crippen molar-refractivity contribution in [1.82, 2.24) is 0 Å². The van der Waals surface area contributed by atoms with Crippen LogP contribution in [0.2, 0.25) is 0 Å². The highest BCUT2D eigenvalue weighted by atomic mass is 14.6. The maximum Gasteiger partial charge on any atom is 0.00793 e. The fourth-order valence-corrected chi connectivity index (χ4v) is 2.56. The standard InChI is InChI=1S/C19H33N/c1-5-6-7-8-9-10-18(20)15-16-11-13-17(14-12-16)19(2,3)4/h11-14,18H,5-10,15,20H2,1-4H3. The minimum absolute atomic E-state index is 0.236. The summed E-state index contributed by atoms with van der Waals surface area (Å²) < 4.78 is 0. The molecule has 0 aromatic heterocycles. The minimum Gasteiger partial charge on any atom is -0.327 e. The maximum atomic E-state index is 6.24. The first-order valence-corrected chi connectivity index (χ1v) is 8.28. The van der Waals surface area contributed by atoms with Gasteiger partial charge in [0.25, 0.3) is 0 Å². The molecule has 1 aromatic rings. The van der Waals surface area contributed by atoms with E-state index in [-0.39, 0.29) is 5.41 Å². The molecule has 1 unspecified atom stereocenters. The molecule has 1 aromatic carbocycles. The van der Waals surface area contributed by atoms with Gasteiger partial charge >= 0.3 is 0 Å². The van der Waals surface area contributed by atoms with Gasteiger partial charge in [-0.15, -0.1) is 0 Å². The first-order valence-electron chi connectivity index (χ1n) is 8.28. The number of hydrogen-bond acceptors (Lipinski definition) is 1. The summed E-state index contributed by atoms with van der Waals surface area (Å²) in [5.41, 5.74) is 9.25. The summed E-state index contributed by atoms with van der Waals surface area (Å²) in [6, 6.07) is 9.32. The van der Waals surface area contributed by atoms with E-state index in [2.05, 4.69) is 52.0 Å². The second-order valence-corrected chi connectivity index (χ2v) is 7.11. The Labute approximate surface area is 126 Å². The molecular weight excluding hydrogens is 242 g/mol. The van der Waals surface area contributed by atoms with Gasteiger partial charge in [-0.05, 0) is 29.4 Å². The summed E-state index contributed by atoms with van der Waals surface area (Å²) in [6.45, 7) is 9.02. The number of rotatable bonds is 8. The Hall–Kier alpha value is -0.820. The van der Waals surface area contributed by atoms with Crippen LogP contribution in [-0.4, -0.2) is 6.04 Å². The Morgan fingerprint density at radius 1 is 0.950 bits per heavy atom. The lowest BCUT2D eigenvalue weighted by Gasteiger charge is -2.19. The normalized spacial score (nSPS) is 13.4. The highest BCUT2D eigenvalue weighted by Crippen LogP contribution is 2.22. The van der Waals surface area contributed by atoms with E-state index in [0.717, 1.165) is 12.8 Å². The zero-order valence-electron chi connectivity index (χ0n) is 13.9. The van der Waals surface area contributed by atoms with E-state index in [1.165, 1.54) is 43.2 Å². The lowest BCUT2D eigenvalue weighted by Crippen LogP contribution is -2.22. The molecule has 0 heterocycles. The highest BCUT2D eigenvalue weighted by molar-refractivity contribution is 5.27. The molecule has 0 bridgehead atoms. The molecule has 0 saturated carbocycles. The average Bonchev–Trinajstić information content (AvgIpc) is 2.38. The third-order valence-electron chi connectivity index (χ3n) is 4.00. The van der Waals surface area contributed by atoms with Crippen molar-refractivity contribution in [3.63, 3.8) is 0 Å². The lowest BCUT2D eigenvalue weighted by molar-refractivity contribution is 0.538. The molecular formula is C19H33N. The largest absolute Gasteiger partial charge is 0.327 e. The van der Waals surface area contributed by atoms with Crippen LogP contribution in [0.3, 0.4) is 0 Å². The molecule has 0 aliphatic heterocycles. The number of benzene rings is 1. The summed E-state index contributed by atoms with van der Waals surface area (Å²) in [7, 11) is 0. The number of hydrogen-bond donors (Lipinski definition) is 1. The summed E-state index contributed by atoms with van der Waals surface area (Å²) in [5.74, 6) is 0. The van der Waals surface area contributed by atoms with Crippen LogP contribution in [0.15, 0.2) is 24.3 Å². The van der Waals surface area contributed by atoms with Crippen molar-refractivity contribution in [3.8, 4) is 0 Å². The molecule has 0 aliphatic rings. The van der Waals surface area contributed by atoms with E-state index in [1.807, 2.05) is 0 Å². The zero-order valence-corrected chi connectivity index (χ0v) is 13.9. The Morgan fingerprint density at radius 3 is 2.10 bits per heavy atom. The van der Waals surface area contributed by atoms with E-state index >= 15 is 0 Å². The van der Waals surface area contributed by atoms with Crippen LogP contribution in [-0.2, 0) is 11.8 Å². The minimum atomic E-state index is 0.236. The SMILES string of the molecule is CCCCCCCC(N)Cc1ccc(C(C)(C)C)cc1. The van der Waals surface area contributed by atoms with E-state index in [0.29, 0.717) is 6.04 Å². The molecule has 0 saturated heterocycles. The summed E-state index contributed by atoms with van der Waals surface area (Å²) in [6.07, 6.45) is 8.83. The number of unbranched alkanes of at least 4 members (excludes halogenated alkanes) is 4. The summed E-state index contributed by atoms with van der Waals surface area (Å²) in [5, 5.41) is 0. The predicted octanol–water partition coefficient (Wildman–Crippen LogP) is 5.21. The second-order valence-electron chi connectivity index (χ2n) is 7.11. The second kappa shape index (κ2) is 8.46. The van der Waals surface area contributed by atoms with Gasteiger partial charge in [0.05, 0.1) is 0 Å². The molecule has 0 fully saturated rings. The summed E-state index contributed by atoms with van der Waals surface area (Å²) in [4.78, 5) is 0. The first kappa shape index (κ1) is 17.2. The molecule has 114 valence electrons. The van der Waals surface area contributed by atoms with Gasteiger partial charge in [0.15, 0.2) is 0 Å². The molecule has 20 heavy (non-hydrogen) atoms. The Morgan fingerprint density at radius 2 is 1.55 bits per heavy atom. The molecule has 1 atom stereocenters. The smallest absolute Gasteiger partial charge is 0.00793 e. The fourth-order valence-electron chi connectivity index (χ4n) is 2.56. The molecule has 2 N–H and O–H groups in total. The highest BCUT2D eigenvalue weighted by Gasteiger charge is 2.13. The van der Waals surface area contributed by atoms with Crippen LogP contribution in [0.25, 0.3) is 0 Å². The number of nitrogens with two attached hydrogens (primary N) is 1. The van der Waals surface area contributed by atoms with E-state index in [4.69, 9.17) is 5.73 Å². The van der Waals surface area contributed by atoms with Crippen LogP contribution in [0.4, 0.5) is 0 Å². The average molecular weight is 275 g/mol. The topological polar surface area (TPSA) is 26.0 Å². The third-order valence-corrected chi connectivity index (χ3v) is 4.00. The monoisotopic (exact) mass is 275 g/mol. The lowest BCUT2D eigenvalue weighted by atomic mass is 9.86. The van der Waals surface area contributed by atoms with Crippen molar-refractivity contribution >= 4 is 0 Å². The molecule has 1 rings (SSSR count). The van der Waals surface area contributed by atoms with Crippen molar-refractivity contribution < 1.29 is 0 Å². The van der Waals surface area contributed by atoms with Crippen LogP contribution >= 0.6 is 0 Å². The van der Waals surface area contributed by atoms with Gasteiger partial charge in [-0.1, -0.05) is 84.1 Å². The Bertz CT molecular complexity index is 358. The van der Waals surface area contributed by atoms with Gasteiger partial charge in [0, 0.05) is 6.04 Å². The van der Waals surface area contributed by atoms with Gasteiger partial charge in [0.2, 0.25) is 0 Å². The van der Waals surface area contributed by atoms with Crippen LogP contribution in [0.5, 0.6) is 0 Å². The van der Waals surface area contributed by atoms with Crippen molar-refractivity contribution in [2.24, 2.45) is 5.73 Å². The molecule has 1 heteroatoms. The molecule has 0 spiro atoms. The van der Waals surface area contributed by atoms with Gasteiger partial charge in [-0.2, -0.15) is 0 Å². The van der Waals surface area contributed by atoms with Crippen LogP contribution in [0.1, 0.15) is 77.3 Å². The molecule has 1 nitrogen and oxygen atoms in total. The summed E-state index contributed by atoms with van der Waals surface area (Å²) >= 11 is 0. The van der Waals surface area contributed by atoms with Crippen molar-refractivity contribution in [2.45, 2.75) is 84.1 Å². The molecule has 0 radical (unpaired) electrons. The van der Waals surface area contributed by atoms with Crippen LogP contribution in [0, 0.1) is 0 Å². The van der Waals surface area contributed by atoms with Crippen molar-refractivity contribution in [3.05, 3.63) is 35.4 Å². The predicted molar refractivity (Wildman–Crippen MR) is 90.2 cm³/mol. The van der Waals surface area contributed by atoms with Crippen molar-refractivity contribution in [1.29, 1.82) is 0 Å². The van der Waals surface area contributed by atoms with E-state index in [9.17, 15) is 0 Å². The third kappa shape index (κ3) is 6.56. The van der Waals surface area contributed by atoms with Gasteiger partial charge in [-0.3, -0.25) is 0 Å². The first-order chi connectivity index (χ1) is 9.43. The fraction of sp³-hybridized carbons (Fsp3) is 0.684. The Kier molecular flexibility index (Phi) is 7.29. The van der Waals surface area contributed by atoms with E-state index in [1.54, 1.807) is 0 Å². The maximum absolute atomic E-state index is 6.24. The quantitative estimate of drug-likeness (QED) is 0.647. The van der Waals surface area contributed by atoms with Gasteiger partial charge in [0.1, 0.15) is 0 Å². The molecule has 0 amide bonds. The van der Waals surface area contributed by atoms with E-state index < -0.39 is 0 Å². The van der Waals surface area contributed by atoms with Crippen LogP contribution < -0.4 is 5.73 Å². The van der Waals surface area contributed by atoms with Gasteiger partial charge < -0.3 is 5.73 Å². The Balaban J connectivity index is 2.33. The molecule has 0 aliphatic carbocycles.